The fourth-order valence-corrected chi connectivity index (χ4v) is 5.04. The number of nitrogens with zero attached hydrogens (tertiary/aromatic N) is 1. The first kappa shape index (κ1) is 30.0. The van der Waals surface area contributed by atoms with Gasteiger partial charge in [0.15, 0.2) is 0 Å². The smallest absolute Gasteiger partial charge is 0.387 e. The summed E-state index contributed by atoms with van der Waals surface area (Å²) < 4.78 is 35.7. The highest BCUT2D eigenvalue weighted by molar-refractivity contribution is 5.97. The van der Waals surface area contributed by atoms with E-state index in [0.29, 0.717) is 76.2 Å². The van der Waals surface area contributed by atoms with Crippen LogP contribution in [0.5, 0.6) is 11.5 Å². The monoisotopic (exact) mass is 570 g/mol. The summed E-state index contributed by atoms with van der Waals surface area (Å²) in [6, 6.07) is 13.2. The van der Waals surface area contributed by atoms with Crippen LogP contribution in [0.1, 0.15) is 42.5 Å². The molecule has 0 aliphatic carbocycles. The number of halogens is 2. The summed E-state index contributed by atoms with van der Waals surface area (Å²) in [5.41, 5.74) is 0.0456. The number of carbonyl (C=O) groups excluding carboxylic acids is 3. The number of carbonyl (C=O) groups is 3. The Hall–Kier alpha value is -3.99. The Labute approximate surface area is 238 Å². The zero-order valence-corrected chi connectivity index (χ0v) is 22.9. The van der Waals surface area contributed by atoms with E-state index in [2.05, 4.69) is 20.7 Å². The van der Waals surface area contributed by atoms with Crippen LogP contribution in [0.25, 0.3) is 0 Å². The molecule has 11 heteroatoms. The number of ether oxygens (including phenoxy) is 2. The standard InChI is InChI=1S/C30H36F2N4O5/c31-29(32)41-25-12-5-3-10-23(25)35-26(37)21-36-18-14-30(15-19-36)13-6-1-7-20-40-24-11-4-2-9-22(24)27(38)33-16-8-17-34-28(30)39/h1-6,9-12,29H,7-8,13-21H2,(H,33,38)(H,34,39)(H,35,37)/b6-1-. The fraction of sp³-hybridized carbons (Fsp3) is 0.433. The molecular formula is C30H36F2N4O5. The molecule has 0 aromatic heterocycles. The summed E-state index contributed by atoms with van der Waals surface area (Å²) in [7, 11) is 0. The average molecular weight is 571 g/mol. The molecule has 3 amide bonds. The molecule has 0 atom stereocenters. The molecule has 9 nitrogen and oxygen atoms in total. The Bertz CT molecular complexity index is 1230. The predicted molar refractivity (Wildman–Crippen MR) is 150 cm³/mol. The van der Waals surface area contributed by atoms with Gasteiger partial charge in [-0.2, -0.15) is 8.78 Å². The van der Waals surface area contributed by atoms with Crippen molar-refractivity contribution < 1.29 is 32.6 Å². The number of anilines is 1. The van der Waals surface area contributed by atoms with Crippen molar-refractivity contribution in [2.24, 2.45) is 5.41 Å². The van der Waals surface area contributed by atoms with Crippen molar-refractivity contribution in [1.29, 1.82) is 0 Å². The SMILES string of the molecule is O=C(CN1CCC2(C/C=C\CCOc3ccccc3C(=O)NCCCNC2=O)CC1)Nc1ccccc1OC(F)F. The number of fused-ring (bicyclic) bond motifs is 1. The van der Waals surface area contributed by atoms with Crippen LogP contribution in [0.2, 0.25) is 0 Å². The molecule has 0 saturated carbocycles. The third kappa shape index (κ3) is 8.50. The highest BCUT2D eigenvalue weighted by Crippen LogP contribution is 2.36. The van der Waals surface area contributed by atoms with E-state index in [4.69, 9.17) is 4.74 Å². The molecule has 0 radical (unpaired) electrons. The Kier molecular flexibility index (Phi) is 10.7. The van der Waals surface area contributed by atoms with E-state index in [1.165, 1.54) is 12.1 Å². The minimum absolute atomic E-state index is 0.0376. The summed E-state index contributed by atoms with van der Waals surface area (Å²) in [5.74, 6) is -0.164. The largest absolute Gasteiger partial charge is 0.492 e. The normalized spacial score (nSPS) is 19.4. The van der Waals surface area contributed by atoms with Crippen LogP contribution in [0.3, 0.4) is 0 Å². The molecule has 3 N–H and O–H groups in total. The van der Waals surface area contributed by atoms with Crippen LogP contribution in [0, 0.1) is 5.41 Å². The maximum atomic E-state index is 13.4. The number of amides is 3. The molecule has 4 rings (SSSR count). The van der Waals surface area contributed by atoms with Gasteiger partial charge in [0.25, 0.3) is 5.91 Å². The van der Waals surface area contributed by atoms with Crippen molar-refractivity contribution in [3.8, 4) is 11.5 Å². The van der Waals surface area contributed by atoms with Gasteiger partial charge in [0.05, 0.1) is 29.8 Å². The van der Waals surface area contributed by atoms with Crippen LogP contribution in [0.4, 0.5) is 14.5 Å². The van der Waals surface area contributed by atoms with Gasteiger partial charge in [0, 0.05) is 13.1 Å². The van der Waals surface area contributed by atoms with Crippen LogP contribution in [-0.4, -0.2) is 68.6 Å². The molecule has 0 bridgehead atoms. The second-order valence-electron chi connectivity index (χ2n) is 10.2. The minimum atomic E-state index is -3.00. The van der Waals surface area contributed by atoms with E-state index >= 15 is 0 Å². The fourth-order valence-electron chi connectivity index (χ4n) is 5.04. The molecule has 2 aliphatic rings. The Morgan fingerprint density at radius 2 is 1.76 bits per heavy atom. The summed E-state index contributed by atoms with van der Waals surface area (Å²) >= 11 is 0. The lowest BCUT2D eigenvalue weighted by Crippen LogP contribution is -2.50. The number of benzene rings is 2. The molecule has 2 heterocycles. The summed E-state index contributed by atoms with van der Waals surface area (Å²) in [6.07, 6.45) is 6.87. The van der Waals surface area contributed by atoms with E-state index in [-0.39, 0.29) is 35.7 Å². The number of piperidine rings is 1. The second-order valence-corrected chi connectivity index (χ2v) is 10.2. The van der Waals surface area contributed by atoms with Crippen molar-refractivity contribution in [2.45, 2.75) is 38.7 Å². The van der Waals surface area contributed by atoms with Gasteiger partial charge in [-0.15, -0.1) is 0 Å². The molecule has 41 heavy (non-hydrogen) atoms. The van der Waals surface area contributed by atoms with Crippen molar-refractivity contribution in [2.75, 3.05) is 44.6 Å². The highest BCUT2D eigenvalue weighted by Gasteiger charge is 2.40. The number of likely N-dealkylation sites (tertiary alicyclic amines) is 1. The van der Waals surface area contributed by atoms with Gasteiger partial charge in [-0.1, -0.05) is 36.4 Å². The Morgan fingerprint density at radius 1 is 1.02 bits per heavy atom. The quantitative estimate of drug-likeness (QED) is 0.470. The number of para-hydroxylation sites is 3. The number of allylic oxidation sites excluding steroid dienone is 1. The first-order valence-corrected chi connectivity index (χ1v) is 13.9. The van der Waals surface area contributed by atoms with Gasteiger partial charge < -0.3 is 25.4 Å². The van der Waals surface area contributed by atoms with Crippen LogP contribution < -0.4 is 25.4 Å². The third-order valence-corrected chi connectivity index (χ3v) is 7.31. The number of hydrogen-bond acceptors (Lipinski definition) is 6. The zero-order valence-electron chi connectivity index (χ0n) is 22.9. The molecule has 1 fully saturated rings. The topological polar surface area (TPSA) is 109 Å². The Balaban J connectivity index is 1.35. The number of alkyl halides is 2. The van der Waals surface area contributed by atoms with Gasteiger partial charge in [-0.05, 0) is 69.5 Å². The van der Waals surface area contributed by atoms with Gasteiger partial charge in [-0.3, -0.25) is 19.3 Å². The molecule has 2 aromatic carbocycles. The average Bonchev–Trinajstić information content (AvgIpc) is 2.96. The van der Waals surface area contributed by atoms with E-state index in [1.807, 2.05) is 23.1 Å². The lowest BCUT2D eigenvalue weighted by atomic mass is 9.74. The summed E-state index contributed by atoms with van der Waals surface area (Å²) in [4.78, 5) is 40.6. The number of rotatable bonds is 5. The highest BCUT2D eigenvalue weighted by atomic mass is 19.3. The lowest BCUT2D eigenvalue weighted by molar-refractivity contribution is -0.134. The van der Waals surface area contributed by atoms with E-state index < -0.39 is 12.0 Å². The predicted octanol–water partition coefficient (Wildman–Crippen LogP) is 3.97. The minimum Gasteiger partial charge on any atom is -0.492 e. The maximum Gasteiger partial charge on any atom is 0.387 e. The van der Waals surface area contributed by atoms with E-state index in [9.17, 15) is 23.2 Å². The van der Waals surface area contributed by atoms with Crippen LogP contribution >= 0.6 is 0 Å². The first-order valence-electron chi connectivity index (χ1n) is 13.9. The van der Waals surface area contributed by atoms with Crippen molar-refractivity contribution >= 4 is 23.4 Å². The first-order chi connectivity index (χ1) is 19.9. The molecular weight excluding hydrogens is 534 g/mol. The van der Waals surface area contributed by atoms with Gasteiger partial charge in [0.1, 0.15) is 11.5 Å². The lowest BCUT2D eigenvalue weighted by Gasteiger charge is -2.40. The van der Waals surface area contributed by atoms with Crippen LogP contribution in [0.15, 0.2) is 60.7 Å². The molecule has 2 aromatic rings. The molecule has 0 unspecified atom stereocenters. The summed E-state index contributed by atoms with van der Waals surface area (Å²) in [5, 5.41) is 8.58. The molecule has 1 spiro atoms. The second kappa shape index (κ2) is 14.6. The van der Waals surface area contributed by atoms with Gasteiger partial charge >= 0.3 is 6.61 Å². The maximum absolute atomic E-state index is 13.4. The zero-order chi connectivity index (χ0) is 29.1. The number of hydrogen-bond donors (Lipinski definition) is 3. The van der Waals surface area contributed by atoms with Gasteiger partial charge in [-0.25, -0.2) is 0 Å². The molecule has 1 saturated heterocycles. The van der Waals surface area contributed by atoms with E-state index in [0.717, 1.165) is 0 Å². The van der Waals surface area contributed by atoms with Gasteiger partial charge in [0.2, 0.25) is 11.8 Å². The molecule has 220 valence electrons. The number of nitrogens with one attached hydrogen (secondary N) is 3. The van der Waals surface area contributed by atoms with Crippen molar-refractivity contribution in [3.05, 3.63) is 66.2 Å². The molecule has 2 aliphatic heterocycles. The summed E-state index contributed by atoms with van der Waals surface area (Å²) in [6.45, 7) is -0.643. The van der Waals surface area contributed by atoms with Crippen molar-refractivity contribution in [3.63, 3.8) is 0 Å². The third-order valence-electron chi connectivity index (χ3n) is 7.31. The Morgan fingerprint density at radius 3 is 2.56 bits per heavy atom. The van der Waals surface area contributed by atoms with Crippen LogP contribution in [-0.2, 0) is 9.59 Å². The van der Waals surface area contributed by atoms with Crippen molar-refractivity contribution in [1.82, 2.24) is 15.5 Å². The van der Waals surface area contributed by atoms with E-state index in [1.54, 1.807) is 30.3 Å².